The number of amides is 1. The van der Waals surface area contributed by atoms with E-state index in [0.717, 1.165) is 11.1 Å². The maximum absolute atomic E-state index is 12.8. The molecule has 1 N–H and O–H groups in total. The molecule has 0 bridgehead atoms. The van der Waals surface area contributed by atoms with Crippen molar-refractivity contribution in [2.45, 2.75) is 19.1 Å². The Bertz CT molecular complexity index is 826. The van der Waals surface area contributed by atoms with Gasteiger partial charge in [0, 0.05) is 0 Å². The van der Waals surface area contributed by atoms with Crippen molar-refractivity contribution >= 4 is 5.91 Å². The summed E-state index contributed by atoms with van der Waals surface area (Å²) in [6, 6.07) is 26.8. The average molecular weight is 361 g/mol. The summed E-state index contributed by atoms with van der Waals surface area (Å²) >= 11 is 0. The lowest BCUT2D eigenvalue weighted by Crippen LogP contribution is -2.39. The monoisotopic (exact) mass is 361 g/mol. The molecule has 0 aliphatic heterocycles. The normalized spacial score (nSPS) is 11.7. The Kier molecular flexibility index (Phi) is 6.10. The summed E-state index contributed by atoms with van der Waals surface area (Å²) in [5.74, 6) is 0.942. The molecule has 0 aromatic heterocycles. The van der Waals surface area contributed by atoms with E-state index in [9.17, 15) is 4.79 Å². The van der Waals surface area contributed by atoms with Gasteiger partial charge in [-0.3, -0.25) is 4.79 Å². The molecule has 3 rings (SSSR count). The van der Waals surface area contributed by atoms with Crippen LogP contribution in [-0.4, -0.2) is 19.1 Å². The van der Waals surface area contributed by atoms with E-state index in [1.807, 2.05) is 72.8 Å². The fraction of sp³-hybridized carbons (Fsp3) is 0.174. The fourth-order valence-corrected chi connectivity index (χ4v) is 2.87. The highest BCUT2D eigenvalue weighted by molar-refractivity contribution is 5.81. The molecule has 3 aromatic rings. The summed E-state index contributed by atoms with van der Waals surface area (Å²) < 4.78 is 11.1. The molecule has 1 atom stereocenters. The molecule has 4 nitrogen and oxygen atoms in total. The van der Waals surface area contributed by atoms with Crippen LogP contribution in [0.25, 0.3) is 0 Å². The van der Waals surface area contributed by atoms with Crippen molar-refractivity contribution in [2.75, 3.05) is 7.11 Å². The molecule has 4 heteroatoms. The molecular formula is C23H23NO3. The zero-order chi connectivity index (χ0) is 19.1. The molecule has 1 unspecified atom stereocenters. The quantitative estimate of drug-likeness (QED) is 0.680. The van der Waals surface area contributed by atoms with Crippen LogP contribution in [0.1, 0.15) is 24.1 Å². The summed E-state index contributed by atoms with van der Waals surface area (Å²) in [4.78, 5) is 12.8. The van der Waals surface area contributed by atoms with Gasteiger partial charge in [-0.25, -0.2) is 0 Å². The van der Waals surface area contributed by atoms with Crippen LogP contribution in [0.3, 0.4) is 0 Å². The second-order valence-corrected chi connectivity index (χ2v) is 6.17. The Labute approximate surface area is 159 Å². The van der Waals surface area contributed by atoms with E-state index in [1.165, 1.54) is 0 Å². The third-order valence-electron chi connectivity index (χ3n) is 4.29. The minimum absolute atomic E-state index is 0.196. The van der Waals surface area contributed by atoms with E-state index in [4.69, 9.17) is 9.47 Å². The maximum atomic E-state index is 12.8. The zero-order valence-electron chi connectivity index (χ0n) is 15.5. The number of carbonyl (C=O) groups excluding carboxylic acids is 1. The van der Waals surface area contributed by atoms with Gasteiger partial charge < -0.3 is 14.8 Å². The predicted octanol–water partition coefficient (Wildman–Crippen LogP) is 4.37. The second kappa shape index (κ2) is 8.90. The lowest BCUT2D eigenvalue weighted by Gasteiger charge is -2.23. The van der Waals surface area contributed by atoms with Gasteiger partial charge in [-0.2, -0.15) is 0 Å². The number of para-hydroxylation sites is 2. The van der Waals surface area contributed by atoms with Crippen LogP contribution in [-0.2, 0) is 4.79 Å². The highest BCUT2D eigenvalue weighted by Gasteiger charge is 2.22. The van der Waals surface area contributed by atoms with Gasteiger partial charge in [0.25, 0.3) is 5.91 Å². The lowest BCUT2D eigenvalue weighted by atomic mass is 9.98. The summed E-state index contributed by atoms with van der Waals surface area (Å²) in [5, 5.41) is 3.10. The number of benzene rings is 3. The molecule has 0 radical (unpaired) electrons. The maximum Gasteiger partial charge on any atom is 0.261 e. The minimum Gasteiger partial charge on any atom is -0.493 e. The summed E-state index contributed by atoms with van der Waals surface area (Å²) in [6.07, 6.45) is -0.670. The summed E-state index contributed by atoms with van der Waals surface area (Å²) in [7, 11) is 1.58. The number of methoxy groups -OCH3 is 1. The molecule has 0 saturated carbocycles. The third kappa shape index (κ3) is 4.67. The van der Waals surface area contributed by atoms with E-state index in [1.54, 1.807) is 26.2 Å². The van der Waals surface area contributed by atoms with Crippen molar-refractivity contribution in [3.63, 3.8) is 0 Å². The molecule has 0 saturated heterocycles. The van der Waals surface area contributed by atoms with Crippen LogP contribution < -0.4 is 14.8 Å². The number of rotatable bonds is 7. The first-order valence-corrected chi connectivity index (χ1v) is 8.89. The van der Waals surface area contributed by atoms with Crippen molar-refractivity contribution < 1.29 is 14.3 Å². The highest BCUT2D eigenvalue weighted by Crippen LogP contribution is 2.27. The Morgan fingerprint density at radius 1 is 0.778 bits per heavy atom. The van der Waals surface area contributed by atoms with E-state index in [2.05, 4.69) is 5.32 Å². The molecule has 1 amide bonds. The van der Waals surface area contributed by atoms with Crippen LogP contribution in [0.2, 0.25) is 0 Å². The van der Waals surface area contributed by atoms with Crippen LogP contribution >= 0.6 is 0 Å². The van der Waals surface area contributed by atoms with Crippen LogP contribution in [0.15, 0.2) is 84.9 Å². The minimum atomic E-state index is -0.670. The highest BCUT2D eigenvalue weighted by atomic mass is 16.5. The summed E-state index contributed by atoms with van der Waals surface area (Å²) in [6.45, 7) is 1.73. The first-order chi connectivity index (χ1) is 13.2. The van der Waals surface area contributed by atoms with E-state index in [0.29, 0.717) is 11.5 Å². The van der Waals surface area contributed by atoms with E-state index in [-0.39, 0.29) is 11.9 Å². The molecule has 27 heavy (non-hydrogen) atoms. The number of hydrogen-bond acceptors (Lipinski definition) is 3. The molecule has 0 heterocycles. The predicted molar refractivity (Wildman–Crippen MR) is 106 cm³/mol. The Morgan fingerprint density at radius 2 is 1.26 bits per heavy atom. The Morgan fingerprint density at radius 3 is 1.78 bits per heavy atom. The van der Waals surface area contributed by atoms with Crippen molar-refractivity contribution in [3.8, 4) is 11.5 Å². The van der Waals surface area contributed by atoms with Gasteiger partial charge in [-0.1, -0.05) is 72.8 Å². The molecule has 0 aliphatic carbocycles. The first-order valence-electron chi connectivity index (χ1n) is 8.89. The molecule has 3 aromatic carbocycles. The lowest BCUT2D eigenvalue weighted by molar-refractivity contribution is -0.127. The number of carbonyl (C=O) groups is 1. The van der Waals surface area contributed by atoms with Gasteiger partial charge >= 0.3 is 0 Å². The molecule has 0 fully saturated rings. The molecule has 0 spiro atoms. The average Bonchev–Trinajstić information content (AvgIpc) is 2.73. The Balaban J connectivity index is 1.78. The number of ether oxygens (including phenoxy) is 2. The van der Waals surface area contributed by atoms with Crippen LogP contribution in [0.4, 0.5) is 0 Å². The van der Waals surface area contributed by atoms with Crippen molar-refractivity contribution in [1.29, 1.82) is 0 Å². The van der Waals surface area contributed by atoms with Gasteiger partial charge in [-0.15, -0.1) is 0 Å². The topological polar surface area (TPSA) is 47.6 Å². The Hall–Kier alpha value is -3.27. The zero-order valence-corrected chi connectivity index (χ0v) is 15.5. The third-order valence-corrected chi connectivity index (χ3v) is 4.29. The van der Waals surface area contributed by atoms with Crippen molar-refractivity contribution in [3.05, 3.63) is 96.1 Å². The molecular weight excluding hydrogens is 338 g/mol. The van der Waals surface area contributed by atoms with Crippen molar-refractivity contribution in [2.24, 2.45) is 0 Å². The van der Waals surface area contributed by atoms with Crippen LogP contribution in [0, 0.1) is 0 Å². The van der Waals surface area contributed by atoms with Gasteiger partial charge in [0.05, 0.1) is 13.2 Å². The van der Waals surface area contributed by atoms with E-state index >= 15 is 0 Å². The van der Waals surface area contributed by atoms with Gasteiger partial charge in [0.15, 0.2) is 17.6 Å². The van der Waals surface area contributed by atoms with Gasteiger partial charge in [0.1, 0.15) is 0 Å². The first kappa shape index (κ1) is 18.5. The van der Waals surface area contributed by atoms with Crippen LogP contribution in [0.5, 0.6) is 11.5 Å². The van der Waals surface area contributed by atoms with Crippen molar-refractivity contribution in [1.82, 2.24) is 5.32 Å². The van der Waals surface area contributed by atoms with E-state index < -0.39 is 6.10 Å². The van der Waals surface area contributed by atoms with Gasteiger partial charge in [-0.05, 0) is 30.2 Å². The molecule has 0 aliphatic rings. The number of nitrogens with one attached hydrogen (secondary N) is 1. The van der Waals surface area contributed by atoms with Gasteiger partial charge in [0.2, 0.25) is 0 Å². The number of hydrogen-bond donors (Lipinski definition) is 1. The second-order valence-electron chi connectivity index (χ2n) is 6.17. The smallest absolute Gasteiger partial charge is 0.261 e. The fourth-order valence-electron chi connectivity index (χ4n) is 2.87. The SMILES string of the molecule is COc1ccccc1OC(C)C(=O)NC(c1ccccc1)c1ccccc1. The largest absolute Gasteiger partial charge is 0.493 e. The summed E-state index contributed by atoms with van der Waals surface area (Å²) in [5.41, 5.74) is 2.03. The molecule has 138 valence electrons. The standard InChI is InChI=1S/C23H23NO3/c1-17(27-21-16-10-9-15-20(21)26-2)23(25)24-22(18-11-5-3-6-12-18)19-13-7-4-8-14-19/h3-17,22H,1-2H3,(H,24,25).